The average Bonchev–Trinajstić information content (AvgIpc) is 2.76. The first-order valence-electron chi connectivity index (χ1n) is 10.2. The van der Waals surface area contributed by atoms with Crippen LogP contribution in [0.2, 0.25) is 0 Å². The first kappa shape index (κ1) is 21.8. The molecule has 0 radical (unpaired) electrons. The molecule has 2 aromatic carbocycles. The van der Waals surface area contributed by atoms with E-state index >= 15 is 0 Å². The number of aliphatic hydroxyl groups is 4. The minimum atomic E-state index is -1.50. The third kappa shape index (κ3) is 4.47. The zero-order chi connectivity index (χ0) is 22.1. The second-order valence-electron chi connectivity index (χ2n) is 7.96. The van der Waals surface area contributed by atoms with Crippen LogP contribution < -0.4 is 10.1 Å². The lowest BCUT2D eigenvalue weighted by Crippen LogP contribution is -2.60. The van der Waals surface area contributed by atoms with E-state index in [-0.39, 0.29) is 17.5 Å². The van der Waals surface area contributed by atoms with Crippen LogP contribution in [0.3, 0.4) is 0 Å². The number of aromatic hydroxyl groups is 2. The molecule has 0 amide bonds. The van der Waals surface area contributed by atoms with Crippen LogP contribution in [0.25, 0.3) is 0 Å². The van der Waals surface area contributed by atoms with E-state index in [1.165, 1.54) is 0 Å². The van der Waals surface area contributed by atoms with Crippen molar-refractivity contribution in [1.29, 1.82) is 0 Å². The maximum absolute atomic E-state index is 10.1. The van der Waals surface area contributed by atoms with Crippen molar-refractivity contribution in [2.75, 3.05) is 13.2 Å². The van der Waals surface area contributed by atoms with Crippen LogP contribution >= 0.6 is 0 Å². The summed E-state index contributed by atoms with van der Waals surface area (Å²) in [7, 11) is 0. The van der Waals surface area contributed by atoms with Gasteiger partial charge in [0.15, 0.2) is 11.5 Å². The van der Waals surface area contributed by atoms with Crippen LogP contribution in [0, 0.1) is 0 Å². The number of fused-ring (bicyclic) bond motifs is 1. The molecule has 0 bridgehead atoms. The Morgan fingerprint density at radius 1 is 0.968 bits per heavy atom. The van der Waals surface area contributed by atoms with Crippen LogP contribution in [0.4, 0.5) is 0 Å². The van der Waals surface area contributed by atoms with Crippen molar-refractivity contribution in [1.82, 2.24) is 5.32 Å². The Morgan fingerprint density at radius 2 is 1.68 bits per heavy atom. The van der Waals surface area contributed by atoms with Gasteiger partial charge in [0, 0.05) is 6.04 Å². The molecule has 0 unspecified atom stereocenters. The minimum Gasteiger partial charge on any atom is -0.504 e. The summed E-state index contributed by atoms with van der Waals surface area (Å²) < 4.78 is 11.0. The van der Waals surface area contributed by atoms with Crippen LogP contribution in [-0.2, 0) is 17.6 Å². The predicted octanol–water partition coefficient (Wildman–Crippen LogP) is -0.294. The smallest absolute Gasteiger partial charge is 0.229 e. The van der Waals surface area contributed by atoms with Crippen LogP contribution in [0.15, 0.2) is 36.4 Å². The summed E-state index contributed by atoms with van der Waals surface area (Å²) in [5.41, 5.74) is 2.95. The SMILES string of the molecule is OC[C@H]1O[C@@H](Oc2ccc(C[C@@H]3NCCc4cc(O)c(O)cc43)cc2)[C@H](O)[C@@H](O)[C@@H]1O. The van der Waals surface area contributed by atoms with Crippen LogP contribution in [-0.4, -0.2) is 74.5 Å². The molecule has 9 nitrogen and oxygen atoms in total. The zero-order valence-corrected chi connectivity index (χ0v) is 16.8. The molecule has 0 aromatic heterocycles. The molecule has 0 aliphatic carbocycles. The lowest BCUT2D eigenvalue weighted by atomic mass is 9.90. The van der Waals surface area contributed by atoms with E-state index in [0.29, 0.717) is 12.2 Å². The first-order chi connectivity index (χ1) is 14.9. The van der Waals surface area contributed by atoms with Gasteiger partial charge < -0.3 is 45.4 Å². The molecular weight excluding hydrogens is 406 g/mol. The quantitative estimate of drug-likeness (QED) is 0.315. The largest absolute Gasteiger partial charge is 0.504 e. The lowest BCUT2D eigenvalue weighted by molar-refractivity contribution is -0.277. The van der Waals surface area contributed by atoms with Crippen molar-refractivity contribution in [2.45, 2.75) is 49.6 Å². The summed E-state index contributed by atoms with van der Waals surface area (Å²) in [5, 5.41) is 62.1. The Hall–Kier alpha value is -2.40. The topological polar surface area (TPSA) is 152 Å². The molecule has 1 fully saturated rings. The Labute approximate surface area is 179 Å². The number of ether oxygens (including phenoxy) is 2. The Bertz CT molecular complexity index is 903. The highest BCUT2D eigenvalue weighted by Gasteiger charge is 2.44. The van der Waals surface area contributed by atoms with Gasteiger partial charge in [0.25, 0.3) is 0 Å². The fraction of sp³-hybridized carbons (Fsp3) is 0.455. The van der Waals surface area contributed by atoms with E-state index in [2.05, 4.69) is 5.32 Å². The highest BCUT2D eigenvalue weighted by Crippen LogP contribution is 2.35. The third-order valence-electron chi connectivity index (χ3n) is 5.86. The molecule has 2 heterocycles. The maximum Gasteiger partial charge on any atom is 0.229 e. The molecule has 2 aliphatic rings. The molecule has 2 aromatic rings. The monoisotopic (exact) mass is 433 g/mol. The fourth-order valence-corrected chi connectivity index (χ4v) is 4.09. The van der Waals surface area contributed by atoms with Crippen molar-refractivity contribution in [3.8, 4) is 17.2 Å². The Morgan fingerprint density at radius 3 is 2.39 bits per heavy atom. The third-order valence-corrected chi connectivity index (χ3v) is 5.86. The summed E-state index contributed by atoms with van der Waals surface area (Å²) >= 11 is 0. The Balaban J connectivity index is 1.43. The van der Waals surface area contributed by atoms with E-state index in [1.54, 1.807) is 24.3 Å². The Kier molecular flexibility index (Phi) is 6.33. The van der Waals surface area contributed by atoms with E-state index in [9.17, 15) is 30.6 Å². The number of hydrogen-bond donors (Lipinski definition) is 7. The summed E-state index contributed by atoms with van der Waals surface area (Å²) in [6, 6.07) is 10.3. The van der Waals surface area contributed by atoms with Crippen molar-refractivity contribution in [2.24, 2.45) is 0 Å². The standard InChI is InChI=1S/C22H27NO8/c24-10-18-19(27)20(28)21(29)22(31-18)30-13-3-1-11(2-4-13)7-15-14-9-17(26)16(25)8-12(14)5-6-23-15/h1-4,8-9,15,18-29H,5-7,10H2/t15-,18+,19+,20-,21+,22+/m0/s1. The molecule has 1 saturated heterocycles. The predicted molar refractivity (Wildman–Crippen MR) is 109 cm³/mol. The van der Waals surface area contributed by atoms with Crippen molar-refractivity contribution in [3.63, 3.8) is 0 Å². The molecule has 6 atom stereocenters. The molecular formula is C22H27NO8. The van der Waals surface area contributed by atoms with Crippen molar-refractivity contribution >= 4 is 0 Å². The van der Waals surface area contributed by atoms with Crippen LogP contribution in [0.5, 0.6) is 17.2 Å². The zero-order valence-electron chi connectivity index (χ0n) is 16.8. The number of nitrogens with one attached hydrogen (secondary N) is 1. The summed E-state index contributed by atoms with van der Waals surface area (Å²) in [6.07, 6.45) is -5.24. The summed E-state index contributed by atoms with van der Waals surface area (Å²) in [4.78, 5) is 0. The van der Waals surface area contributed by atoms with E-state index in [0.717, 1.165) is 29.7 Å². The van der Waals surface area contributed by atoms with Crippen LogP contribution in [0.1, 0.15) is 22.7 Å². The molecule has 31 heavy (non-hydrogen) atoms. The average molecular weight is 433 g/mol. The number of benzene rings is 2. The molecule has 4 rings (SSSR count). The number of aliphatic hydroxyl groups excluding tert-OH is 4. The van der Waals surface area contributed by atoms with Gasteiger partial charge in [0.1, 0.15) is 30.2 Å². The number of phenols is 2. The van der Waals surface area contributed by atoms with E-state index in [4.69, 9.17) is 9.47 Å². The van der Waals surface area contributed by atoms with Crippen molar-refractivity contribution < 1.29 is 40.1 Å². The van der Waals surface area contributed by atoms with Gasteiger partial charge in [-0.1, -0.05) is 12.1 Å². The van der Waals surface area contributed by atoms with E-state index < -0.39 is 37.3 Å². The van der Waals surface area contributed by atoms with Gasteiger partial charge in [-0.05, 0) is 60.3 Å². The lowest BCUT2D eigenvalue weighted by Gasteiger charge is -2.39. The molecule has 7 N–H and O–H groups in total. The molecule has 0 saturated carbocycles. The van der Waals surface area contributed by atoms with Gasteiger partial charge in [-0.15, -0.1) is 0 Å². The first-order valence-corrected chi connectivity index (χ1v) is 10.2. The summed E-state index contributed by atoms with van der Waals surface area (Å²) in [5.74, 6) is 0.137. The number of rotatable bonds is 5. The normalized spacial score (nSPS) is 30.6. The maximum atomic E-state index is 10.1. The molecule has 2 aliphatic heterocycles. The molecule has 168 valence electrons. The number of phenolic OH excluding ortho intramolecular Hbond substituents is 2. The van der Waals surface area contributed by atoms with Gasteiger partial charge in [0.2, 0.25) is 6.29 Å². The van der Waals surface area contributed by atoms with Gasteiger partial charge >= 0.3 is 0 Å². The van der Waals surface area contributed by atoms with Crippen molar-refractivity contribution in [3.05, 3.63) is 53.1 Å². The molecule has 9 heteroatoms. The van der Waals surface area contributed by atoms with Gasteiger partial charge in [-0.25, -0.2) is 0 Å². The second kappa shape index (κ2) is 8.99. The van der Waals surface area contributed by atoms with Gasteiger partial charge in [0.05, 0.1) is 6.61 Å². The highest BCUT2D eigenvalue weighted by molar-refractivity contribution is 5.48. The van der Waals surface area contributed by atoms with E-state index in [1.807, 2.05) is 12.1 Å². The fourth-order valence-electron chi connectivity index (χ4n) is 4.09. The van der Waals surface area contributed by atoms with Gasteiger partial charge in [-0.3, -0.25) is 0 Å². The second-order valence-corrected chi connectivity index (χ2v) is 7.96. The number of hydrogen-bond acceptors (Lipinski definition) is 9. The highest BCUT2D eigenvalue weighted by atomic mass is 16.7. The minimum absolute atomic E-state index is 0.0209. The summed E-state index contributed by atoms with van der Waals surface area (Å²) in [6.45, 7) is 0.243. The molecule has 0 spiro atoms. The van der Waals surface area contributed by atoms with Gasteiger partial charge in [-0.2, -0.15) is 0 Å².